The number of piperidine rings is 1. The lowest BCUT2D eigenvalue weighted by atomic mass is 9.86. The van der Waals surface area contributed by atoms with E-state index in [2.05, 4.69) is 15.2 Å². The highest BCUT2D eigenvalue weighted by atomic mass is 16.3. The second kappa shape index (κ2) is 7.77. The van der Waals surface area contributed by atoms with E-state index < -0.39 is 0 Å². The summed E-state index contributed by atoms with van der Waals surface area (Å²) < 4.78 is 0. The quantitative estimate of drug-likeness (QED) is 0.895. The number of aliphatic hydroxyl groups is 1. The number of hydrogen-bond donors (Lipinski definition) is 2. The molecule has 1 aliphatic carbocycles. The minimum atomic E-state index is -0.00822. The van der Waals surface area contributed by atoms with Crippen molar-refractivity contribution in [2.45, 2.75) is 51.0 Å². The topological polar surface area (TPSA) is 65.5 Å². The molecule has 0 spiro atoms. The van der Waals surface area contributed by atoms with Crippen LogP contribution < -0.4 is 10.2 Å². The summed E-state index contributed by atoms with van der Waals surface area (Å²) in [6.07, 6.45) is 9.27. The summed E-state index contributed by atoms with van der Waals surface area (Å²) >= 11 is 0. The monoisotopic (exact) mass is 317 g/mol. The molecule has 23 heavy (non-hydrogen) atoms. The third-order valence-corrected chi connectivity index (χ3v) is 5.13. The van der Waals surface area contributed by atoms with E-state index in [4.69, 9.17) is 0 Å². The highest BCUT2D eigenvalue weighted by molar-refractivity contribution is 5.99. The predicted octanol–water partition coefficient (Wildman–Crippen LogP) is 2.35. The van der Waals surface area contributed by atoms with Crippen LogP contribution in [0.3, 0.4) is 0 Å². The minimum Gasteiger partial charge on any atom is -0.396 e. The molecule has 1 aromatic rings. The van der Waals surface area contributed by atoms with Crippen LogP contribution in [0.1, 0.15) is 55.3 Å². The Morgan fingerprint density at radius 3 is 2.65 bits per heavy atom. The van der Waals surface area contributed by atoms with Crippen LogP contribution in [0, 0.1) is 5.92 Å². The summed E-state index contributed by atoms with van der Waals surface area (Å²) in [4.78, 5) is 19.4. The SMILES string of the molecule is O=C(NC1CCC(CO)CC1)c1cccnc1N1CCCCC1. The van der Waals surface area contributed by atoms with Crippen molar-refractivity contribution in [2.24, 2.45) is 5.92 Å². The molecule has 0 radical (unpaired) electrons. The molecule has 1 aliphatic heterocycles. The molecule has 0 atom stereocenters. The fourth-order valence-corrected chi connectivity index (χ4v) is 3.68. The Bertz CT molecular complexity index is 521. The Morgan fingerprint density at radius 2 is 1.96 bits per heavy atom. The summed E-state index contributed by atoms with van der Waals surface area (Å²) in [5, 5.41) is 12.4. The fraction of sp³-hybridized carbons (Fsp3) is 0.667. The van der Waals surface area contributed by atoms with E-state index in [0.29, 0.717) is 11.5 Å². The van der Waals surface area contributed by atoms with Crippen LogP contribution in [-0.4, -0.2) is 41.7 Å². The number of carbonyl (C=O) groups excluding carboxylic acids is 1. The lowest BCUT2D eigenvalue weighted by molar-refractivity contribution is 0.0914. The van der Waals surface area contributed by atoms with Gasteiger partial charge in [-0.2, -0.15) is 0 Å². The van der Waals surface area contributed by atoms with Gasteiger partial charge in [0.2, 0.25) is 0 Å². The Hall–Kier alpha value is -1.62. The van der Waals surface area contributed by atoms with E-state index >= 15 is 0 Å². The van der Waals surface area contributed by atoms with Gasteiger partial charge in [0.1, 0.15) is 5.82 Å². The van der Waals surface area contributed by atoms with Gasteiger partial charge in [-0.25, -0.2) is 4.98 Å². The zero-order chi connectivity index (χ0) is 16.1. The molecule has 2 fully saturated rings. The highest BCUT2D eigenvalue weighted by Gasteiger charge is 2.24. The number of aliphatic hydroxyl groups excluding tert-OH is 1. The second-order valence-corrected chi connectivity index (χ2v) is 6.80. The number of hydrogen-bond acceptors (Lipinski definition) is 4. The third kappa shape index (κ3) is 4.02. The van der Waals surface area contributed by atoms with E-state index in [1.54, 1.807) is 6.20 Å². The predicted molar refractivity (Wildman–Crippen MR) is 90.6 cm³/mol. The van der Waals surface area contributed by atoms with Crippen LogP contribution in [0.25, 0.3) is 0 Å². The Morgan fingerprint density at radius 1 is 1.22 bits per heavy atom. The smallest absolute Gasteiger partial charge is 0.255 e. The zero-order valence-corrected chi connectivity index (χ0v) is 13.7. The van der Waals surface area contributed by atoms with Gasteiger partial charge in [-0.3, -0.25) is 4.79 Å². The minimum absolute atomic E-state index is 0.00822. The van der Waals surface area contributed by atoms with Gasteiger partial charge < -0.3 is 15.3 Å². The number of carbonyl (C=O) groups is 1. The number of nitrogens with zero attached hydrogens (tertiary/aromatic N) is 2. The van der Waals surface area contributed by atoms with Crippen LogP contribution in [0.2, 0.25) is 0 Å². The molecule has 3 rings (SSSR count). The van der Waals surface area contributed by atoms with E-state index in [9.17, 15) is 9.90 Å². The van der Waals surface area contributed by atoms with Crippen LogP contribution in [0.5, 0.6) is 0 Å². The number of aromatic nitrogens is 1. The molecule has 5 nitrogen and oxygen atoms in total. The largest absolute Gasteiger partial charge is 0.396 e. The summed E-state index contributed by atoms with van der Waals surface area (Å²) in [6.45, 7) is 2.24. The van der Waals surface area contributed by atoms with Crippen molar-refractivity contribution in [3.8, 4) is 0 Å². The first-order valence-electron chi connectivity index (χ1n) is 8.89. The molecule has 1 saturated heterocycles. The number of amides is 1. The number of pyridine rings is 1. The molecule has 1 amide bonds. The van der Waals surface area contributed by atoms with Gasteiger partial charge in [0.25, 0.3) is 5.91 Å². The summed E-state index contributed by atoms with van der Waals surface area (Å²) in [5.41, 5.74) is 0.693. The fourth-order valence-electron chi connectivity index (χ4n) is 3.68. The average molecular weight is 317 g/mol. The molecule has 1 saturated carbocycles. The molecular formula is C18H27N3O2. The number of anilines is 1. The Kier molecular flexibility index (Phi) is 5.49. The maximum Gasteiger partial charge on any atom is 0.255 e. The normalized spacial score (nSPS) is 25.2. The van der Waals surface area contributed by atoms with Crippen molar-refractivity contribution >= 4 is 11.7 Å². The molecule has 126 valence electrons. The van der Waals surface area contributed by atoms with E-state index in [1.165, 1.54) is 19.3 Å². The van der Waals surface area contributed by atoms with Crippen molar-refractivity contribution in [3.05, 3.63) is 23.9 Å². The number of nitrogens with one attached hydrogen (secondary N) is 1. The molecule has 5 heteroatoms. The van der Waals surface area contributed by atoms with E-state index in [0.717, 1.165) is 44.6 Å². The number of rotatable bonds is 4. The van der Waals surface area contributed by atoms with Gasteiger partial charge in [0.05, 0.1) is 5.56 Å². The van der Waals surface area contributed by atoms with Crippen molar-refractivity contribution in [2.75, 3.05) is 24.6 Å². The van der Waals surface area contributed by atoms with Gasteiger partial charge in [0, 0.05) is 31.9 Å². The molecule has 2 aliphatic rings. The van der Waals surface area contributed by atoms with Crippen LogP contribution in [0.4, 0.5) is 5.82 Å². The first kappa shape index (κ1) is 16.2. The summed E-state index contributed by atoms with van der Waals surface area (Å²) in [7, 11) is 0. The van der Waals surface area contributed by atoms with Gasteiger partial charge >= 0.3 is 0 Å². The molecule has 0 unspecified atom stereocenters. The Labute approximate surface area is 138 Å². The first-order valence-corrected chi connectivity index (χ1v) is 8.89. The van der Waals surface area contributed by atoms with Crippen LogP contribution >= 0.6 is 0 Å². The summed E-state index contributed by atoms with van der Waals surface area (Å²) in [6, 6.07) is 3.94. The second-order valence-electron chi connectivity index (χ2n) is 6.80. The lowest BCUT2D eigenvalue weighted by Crippen LogP contribution is -2.39. The van der Waals surface area contributed by atoms with Gasteiger partial charge in [-0.05, 0) is 63.0 Å². The average Bonchev–Trinajstić information content (AvgIpc) is 2.63. The standard InChI is InChI=1S/C18H27N3O2/c22-13-14-6-8-15(9-7-14)20-18(23)16-5-4-10-19-17(16)21-11-2-1-3-12-21/h4-5,10,14-15,22H,1-3,6-9,11-13H2,(H,20,23). The molecular weight excluding hydrogens is 290 g/mol. The van der Waals surface area contributed by atoms with Gasteiger partial charge in [-0.15, -0.1) is 0 Å². The van der Waals surface area contributed by atoms with Crippen molar-refractivity contribution in [1.29, 1.82) is 0 Å². The van der Waals surface area contributed by atoms with Crippen molar-refractivity contribution < 1.29 is 9.90 Å². The van der Waals surface area contributed by atoms with E-state index in [1.807, 2.05) is 12.1 Å². The highest BCUT2D eigenvalue weighted by Crippen LogP contribution is 2.25. The summed E-state index contributed by atoms with van der Waals surface area (Å²) in [5.74, 6) is 1.23. The van der Waals surface area contributed by atoms with Gasteiger partial charge in [-0.1, -0.05) is 0 Å². The maximum atomic E-state index is 12.7. The van der Waals surface area contributed by atoms with Gasteiger partial charge in [0.15, 0.2) is 0 Å². The van der Waals surface area contributed by atoms with Crippen molar-refractivity contribution in [1.82, 2.24) is 10.3 Å². The molecule has 0 aromatic carbocycles. The van der Waals surface area contributed by atoms with Crippen LogP contribution in [-0.2, 0) is 0 Å². The molecule has 2 heterocycles. The van der Waals surface area contributed by atoms with Crippen LogP contribution in [0.15, 0.2) is 18.3 Å². The zero-order valence-electron chi connectivity index (χ0n) is 13.7. The Balaban J connectivity index is 1.65. The maximum absolute atomic E-state index is 12.7. The molecule has 2 N–H and O–H groups in total. The van der Waals surface area contributed by atoms with Crippen molar-refractivity contribution in [3.63, 3.8) is 0 Å². The molecule has 0 bridgehead atoms. The van der Waals surface area contributed by atoms with E-state index in [-0.39, 0.29) is 18.6 Å². The third-order valence-electron chi connectivity index (χ3n) is 5.13. The lowest BCUT2D eigenvalue weighted by Gasteiger charge is -2.30. The first-order chi connectivity index (χ1) is 11.3. The molecule has 1 aromatic heterocycles.